The number of carboxylic acid groups (broad SMARTS) is 2. The van der Waals surface area contributed by atoms with E-state index in [1.807, 2.05) is 26.0 Å². The molecule has 2 aliphatic carbocycles. The first-order chi connectivity index (χ1) is 13.6. The summed E-state index contributed by atoms with van der Waals surface area (Å²) in [6.07, 6.45) is 7.54. The van der Waals surface area contributed by atoms with Crippen molar-refractivity contribution >= 4 is 61.1 Å². The molecule has 9 heteroatoms. The lowest BCUT2D eigenvalue weighted by molar-refractivity contribution is -0.157. The quantitative estimate of drug-likeness (QED) is 0.204. The highest BCUT2D eigenvalue weighted by Crippen LogP contribution is 2.39. The molecular weight excluding hydrogens is 606 g/mol. The highest BCUT2D eigenvalue weighted by atomic mass is 128. The van der Waals surface area contributed by atoms with Crippen molar-refractivity contribution in [2.45, 2.75) is 27.7 Å². The molecule has 162 valence electrons. The van der Waals surface area contributed by atoms with Crippen molar-refractivity contribution in [1.82, 2.24) is 0 Å². The molecule has 0 spiro atoms. The molecule has 1 fully saturated rings. The van der Waals surface area contributed by atoms with E-state index in [0.717, 1.165) is 0 Å². The number of esters is 2. The minimum Gasteiger partial charge on any atom is -0.481 e. The van der Waals surface area contributed by atoms with E-state index in [4.69, 9.17) is 10.2 Å². The topological polar surface area (TPSA) is 118 Å². The van der Waals surface area contributed by atoms with Gasteiger partial charge in [-0.05, 0) is 23.7 Å². The molecule has 0 saturated carbocycles. The van der Waals surface area contributed by atoms with Crippen molar-refractivity contribution in [3.05, 3.63) is 24.3 Å². The second kappa shape index (κ2) is 11.4. The lowest BCUT2D eigenvalue weighted by Crippen LogP contribution is -2.39. The zero-order valence-corrected chi connectivity index (χ0v) is 20.9. The van der Waals surface area contributed by atoms with Crippen LogP contribution in [0.2, 0.25) is 0 Å². The maximum absolute atomic E-state index is 11.3. The van der Waals surface area contributed by atoms with Gasteiger partial charge in [0.2, 0.25) is 0 Å². The summed E-state index contributed by atoms with van der Waals surface area (Å²) in [5.41, 5.74) is 0. The van der Waals surface area contributed by atoms with Gasteiger partial charge in [-0.15, -0.1) is 0 Å². The predicted octanol–water partition coefficient (Wildman–Crippen LogP) is 4.15. The number of cyclic esters (lactones) is 2. The van der Waals surface area contributed by atoms with E-state index < -0.39 is 23.8 Å². The van der Waals surface area contributed by atoms with Gasteiger partial charge in [0, 0.05) is 37.2 Å². The average molecular weight is 632 g/mol. The minimum atomic E-state index is -1.03. The van der Waals surface area contributed by atoms with Gasteiger partial charge < -0.3 is 14.9 Å². The third kappa shape index (κ3) is 6.02. The van der Waals surface area contributed by atoms with Gasteiger partial charge in [0.1, 0.15) is 0 Å². The fraction of sp³-hybridized carbons (Fsp3) is 0.600. The Morgan fingerprint density at radius 2 is 1.00 bits per heavy atom. The molecule has 2 N–H and O–H groups in total. The summed E-state index contributed by atoms with van der Waals surface area (Å²) in [4.78, 5) is 44.5. The van der Waals surface area contributed by atoms with Crippen molar-refractivity contribution in [3.8, 4) is 0 Å². The van der Waals surface area contributed by atoms with Gasteiger partial charge in [0.15, 0.2) is 0 Å². The second-order valence-electron chi connectivity index (χ2n) is 7.73. The molecular formula is C20H26I2O7. The lowest BCUT2D eigenvalue weighted by atomic mass is 9.72. The summed E-state index contributed by atoms with van der Waals surface area (Å²) >= 11 is 4.24. The van der Waals surface area contributed by atoms with Crippen LogP contribution in [0, 0.1) is 47.3 Å². The third-order valence-electron chi connectivity index (χ3n) is 5.79. The van der Waals surface area contributed by atoms with Crippen LogP contribution in [0.3, 0.4) is 0 Å². The minimum absolute atomic E-state index is 0.125. The highest BCUT2D eigenvalue weighted by Gasteiger charge is 2.50. The molecule has 0 aromatic carbocycles. The van der Waals surface area contributed by atoms with E-state index in [9.17, 15) is 19.2 Å². The fourth-order valence-electron chi connectivity index (χ4n) is 4.20. The van der Waals surface area contributed by atoms with Crippen molar-refractivity contribution in [2.75, 3.05) is 0 Å². The van der Waals surface area contributed by atoms with Crippen LogP contribution in [-0.2, 0) is 23.9 Å². The van der Waals surface area contributed by atoms with Crippen LogP contribution in [0.4, 0.5) is 0 Å². The summed E-state index contributed by atoms with van der Waals surface area (Å²) in [5, 5.41) is 17.9. The molecule has 0 aromatic heterocycles. The normalized spacial score (nSPS) is 37.3. The van der Waals surface area contributed by atoms with Crippen LogP contribution in [0.15, 0.2) is 24.3 Å². The molecule has 7 nitrogen and oxygen atoms in total. The summed E-state index contributed by atoms with van der Waals surface area (Å²) in [5.74, 6) is -5.05. The Balaban J connectivity index is 0.000000268. The van der Waals surface area contributed by atoms with Crippen LogP contribution in [0.25, 0.3) is 0 Å². The molecule has 1 heterocycles. The molecule has 0 bridgehead atoms. The number of carbonyl (C=O) groups excluding carboxylic acids is 2. The Morgan fingerprint density at radius 3 is 1.28 bits per heavy atom. The third-order valence-corrected chi connectivity index (χ3v) is 5.79. The number of rotatable bonds is 2. The summed E-state index contributed by atoms with van der Waals surface area (Å²) in [6, 6.07) is 0. The Bertz CT molecular complexity index is 647. The SMILES string of the molecule is CC1C=CC(C)C(C(=O)O)C1C(=O)O.CC1C=CC(C)C2C(=O)OC(=O)C12.II. The number of hydrogen-bond donors (Lipinski definition) is 2. The number of carboxylic acids is 2. The Morgan fingerprint density at radius 1 is 0.724 bits per heavy atom. The number of ether oxygens (including phenoxy) is 1. The second-order valence-corrected chi connectivity index (χ2v) is 7.73. The van der Waals surface area contributed by atoms with Gasteiger partial charge in [0.25, 0.3) is 0 Å². The monoisotopic (exact) mass is 632 g/mol. The fourth-order valence-corrected chi connectivity index (χ4v) is 4.20. The van der Waals surface area contributed by atoms with Crippen LogP contribution < -0.4 is 0 Å². The predicted molar refractivity (Wildman–Crippen MR) is 123 cm³/mol. The Kier molecular flexibility index (Phi) is 10.3. The molecule has 3 rings (SSSR count). The number of allylic oxidation sites excluding steroid dienone is 4. The maximum atomic E-state index is 11.3. The van der Waals surface area contributed by atoms with Gasteiger partial charge >= 0.3 is 23.9 Å². The number of aliphatic carboxylic acids is 2. The molecule has 29 heavy (non-hydrogen) atoms. The van der Waals surface area contributed by atoms with E-state index in [-0.39, 0.29) is 47.4 Å². The van der Waals surface area contributed by atoms with Gasteiger partial charge in [-0.2, -0.15) is 0 Å². The zero-order chi connectivity index (χ0) is 22.5. The first-order valence-electron chi connectivity index (χ1n) is 9.28. The van der Waals surface area contributed by atoms with Crippen molar-refractivity contribution in [3.63, 3.8) is 0 Å². The first-order valence-corrected chi connectivity index (χ1v) is 15.6. The van der Waals surface area contributed by atoms with Gasteiger partial charge in [-0.1, -0.05) is 52.0 Å². The molecule has 1 aliphatic heterocycles. The highest BCUT2D eigenvalue weighted by molar-refractivity contribution is 15.0. The van der Waals surface area contributed by atoms with Crippen LogP contribution in [0.5, 0.6) is 0 Å². The van der Waals surface area contributed by atoms with Crippen LogP contribution >= 0.6 is 37.2 Å². The van der Waals surface area contributed by atoms with E-state index in [1.54, 1.807) is 26.0 Å². The molecule has 8 unspecified atom stereocenters. The van der Waals surface area contributed by atoms with Gasteiger partial charge in [0.05, 0.1) is 23.7 Å². The maximum Gasteiger partial charge on any atom is 0.318 e. The summed E-state index contributed by atoms with van der Waals surface area (Å²) in [7, 11) is 0. The van der Waals surface area contributed by atoms with Crippen molar-refractivity contribution in [1.29, 1.82) is 0 Å². The largest absolute Gasteiger partial charge is 0.481 e. The Labute approximate surface area is 193 Å². The molecule has 0 amide bonds. The first kappa shape index (κ1) is 26.1. The zero-order valence-electron chi connectivity index (χ0n) is 16.6. The smallest absolute Gasteiger partial charge is 0.318 e. The average Bonchev–Trinajstić information content (AvgIpc) is 2.97. The van der Waals surface area contributed by atoms with E-state index in [1.165, 1.54) is 0 Å². The molecule has 3 aliphatic rings. The molecule has 1 saturated heterocycles. The molecule has 0 radical (unpaired) electrons. The van der Waals surface area contributed by atoms with Gasteiger partial charge in [-0.25, -0.2) is 0 Å². The van der Waals surface area contributed by atoms with Crippen molar-refractivity contribution in [2.24, 2.45) is 47.3 Å². The number of fused-ring (bicyclic) bond motifs is 1. The van der Waals surface area contributed by atoms with E-state index in [0.29, 0.717) is 0 Å². The number of hydrogen-bond acceptors (Lipinski definition) is 5. The number of carbonyl (C=O) groups is 4. The van der Waals surface area contributed by atoms with Gasteiger partial charge in [-0.3, -0.25) is 19.2 Å². The molecule has 0 aromatic rings. The van der Waals surface area contributed by atoms with E-state index in [2.05, 4.69) is 42.0 Å². The molecule has 8 atom stereocenters. The van der Waals surface area contributed by atoms with Crippen LogP contribution in [-0.4, -0.2) is 34.1 Å². The lowest BCUT2D eigenvalue weighted by Gasteiger charge is -2.31. The van der Waals surface area contributed by atoms with Crippen LogP contribution in [0.1, 0.15) is 27.7 Å². The van der Waals surface area contributed by atoms with E-state index >= 15 is 0 Å². The van der Waals surface area contributed by atoms with Crippen molar-refractivity contribution < 1.29 is 34.1 Å². The number of halogens is 2. The standard InChI is InChI=1S/C10H14O4.C10H12O3.I2/c1-5-3-4-6(2)8(10(13)14)7(5)9(11)12;1-5-3-4-6(2)8-7(5)9(11)13-10(8)12;1-2/h3-8H,1-2H3,(H,11,12)(H,13,14);3-8H,1-2H3;. The summed E-state index contributed by atoms with van der Waals surface area (Å²) in [6.45, 7) is 7.36. The Hall–Kier alpha value is -0.980. The summed E-state index contributed by atoms with van der Waals surface area (Å²) < 4.78 is 4.63.